The van der Waals surface area contributed by atoms with Crippen LogP contribution in [-0.2, 0) is 7.05 Å². The molecule has 1 saturated carbocycles. The minimum absolute atomic E-state index is 0.479. The molecule has 1 unspecified atom stereocenters. The van der Waals surface area contributed by atoms with Crippen LogP contribution in [-0.4, -0.2) is 16.8 Å². The van der Waals surface area contributed by atoms with Crippen molar-refractivity contribution in [2.24, 2.45) is 13.0 Å². The van der Waals surface area contributed by atoms with Crippen LogP contribution in [0.3, 0.4) is 0 Å². The van der Waals surface area contributed by atoms with Crippen molar-refractivity contribution >= 4 is 0 Å². The maximum Gasteiger partial charge on any atom is 0.0537 e. The number of aromatic nitrogens is 2. The maximum atomic E-state index is 4.27. The van der Waals surface area contributed by atoms with E-state index in [0.29, 0.717) is 6.04 Å². The van der Waals surface area contributed by atoms with Gasteiger partial charge in [-0.3, -0.25) is 4.68 Å². The fourth-order valence-electron chi connectivity index (χ4n) is 2.97. The van der Waals surface area contributed by atoms with Crippen LogP contribution in [0.5, 0.6) is 0 Å². The molecular weight excluding hydrogens is 210 g/mol. The Morgan fingerprint density at radius 1 is 1.35 bits per heavy atom. The van der Waals surface area contributed by atoms with Crippen LogP contribution in [0.25, 0.3) is 0 Å². The summed E-state index contributed by atoms with van der Waals surface area (Å²) in [6.07, 6.45) is 14.0. The number of rotatable bonds is 4. The predicted molar refractivity (Wildman–Crippen MR) is 70.8 cm³/mol. The van der Waals surface area contributed by atoms with Crippen LogP contribution in [0.2, 0.25) is 0 Å². The molecule has 1 aromatic rings. The van der Waals surface area contributed by atoms with E-state index in [1.165, 1.54) is 50.5 Å². The third kappa shape index (κ3) is 3.56. The van der Waals surface area contributed by atoms with Gasteiger partial charge in [0.25, 0.3) is 0 Å². The zero-order valence-electron chi connectivity index (χ0n) is 11.2. The van der Waals surface area contributed by atoms with Crippen LogP contribution < -0.4 is 5.32 Å². The highest BCUT2D eigenvalue weighted by Gasteiger charge is 2.19. The average Bonchev–Trinajstić information content (AvgIpc) is 2.62. The molecule has 1 aliphatic carbocycles. The third-order valence-electron chi connectivity index (χ3n) is 4.02. The van der Waals surface area contributed by atoms with E-state index >= 15 is 0 Å². The first kappa shape index (κ1) is 12.6. The lowest BCUT2D eigenvalue weighted by molar-refractivity contribution is 0.368. The SMILES string of the molecule is CNC(CC1CCCCCC1)c1cnn(C)c1. The minimum atomic E-state index is 0.479. The van der Waals surface area contributed by atoms with E-state index in [-0.39, 0.29) is 0 Å². The van der Waals surface area contributed by atoms with Crippen molar-refractivity contribution < 1.29 is 0 Å². The number of hydrogen-bond donors (Lipinski definition) is 1. The predicted octanol–water partition coefficient (Wildman–Crippen LogP) is 3.04. The molecule has 0 radical (unpaired) electrons. The summed E-state index contributed by atoms with van der Waals surface area (Å²) < 4.78 is 1.90. The van der Waals surface area contributed by atoms with E-state index in [9.17, 15) is 0 Å². The fraction of sp³-hybridized carbons (Fsp3) is 0.786. The van der Waals surface area contributed by atoms with E-state index in [1.54, 1.807) is 0 Å². The van der Waals surface area contributed by atoms with E-state index < -0.39 is 0 Å². The average molecular weight is 235 g/mol. The van der Waals surface area contributed by atoms with Crippen molar-refractivity contribution in [1.82, 2.24) is 15.1 Å². The van der Waals surface area contributed by atoms with Crippen LogP contribution in [0.1, 0.15) is 56.6 Å². The van der Waals surface area contributed by atoms with Crippen LogP contribution in [0, 0.1) is 5.92 Å². The Balaban J connectivity index is 1.94. The molecule has 1 aromatic heterocycles. The molecule has 0 amide bonds. The molecule has 0 aliphatic heterocycles. The summed E-state index contributed by atoms with van der Waals surface area (Å²) in [6, 6.07) is 0.479. The highest BCUT2D eigenvalue weighted by molar-refractivity contribution is 5.10. The van der Waals surface area contributed by atoms with Gasteiger partial charge >= 0.3 is 0 Å². The smallest absolute Gasteiger partial charge is 0.0537 e. The quantitative estimate of drug-likeness (QED) is 0.813. The largest absolute Gasteiger partial charge is 0.313 e. The lowest BCUT2D eigenvalue weighted by Gasteiger charge is -2.21. The molecule has 3 heteroatoms. The minimum Gasteiger partial charge on any atom is -0.313 e. The van der Waals surface area contributed by atoms with Gasteiger partial charge in [0.15, 0.2) is 0 Å². The molecule has 1 N–H and O–H groups in total. The zero-order chi connectivity index (χ0) is 12.1. The highest BCUT2D eigenvalue weighted by Crippen LogP contribution is 2.30. The standard InChI is InChI=1S/C14H25N3/c1-15-14(13-10-16-17(2)11-13)9-12-7-5-3-4-6-8-12/h10-12,14-15H,3-9H2,1-2H3. The molecule has 0 bridgehead atoms. The molecule has 0 spiro atoms. The molecule has 3 nitrogen and oxygen atoms in total. The molecule has 96 valence electrons. The van der Waals surface area contributed by atoms with Gasteiger partial charge in [0.05, 0.1) is 6.20 Å². The Labute approximate surface area is 105 Å². The van der Waals surface area contributed by atoms with Gasteiger partial charge in [0.2, 0.25) is 0 Å². The number of hydrogen-bond acceptors (Lipinski definition) is 2. The van der Waals surface area contributed by atoms with Crippen LogP contribution >= 0.6 is 0 Å². The molecule has 0 saturated heterocycles. The molecule has 1 fully saturated rings. The molecule has 17 heavy (non-hydrogen) atoms. The molecule has 1 atom stereocenters. The first-order valence-electron chi connectivity index (χ1n) is 6.95. The van der Waals surface area contributed by atoms with Gasteiger partial charge in [0, 0.05) is 24.8 Å². The summed E-state index contributed by atoms with van der Waals surface area (Å²) in [4.78, 5) is 0. The normalized spacial score (nSPS) is 20.1. The Morgan fingerprint density at radius 2 is 2.06 bits per heavy atom. The number of nitrogens with one attached hydrogen (secondary N) is 1. The van der Waals surface area contributed by atoms with Crippen LogP contribution in [0.15, 0.2) is 12.4 Å². The van der Waals surface area contributed by atoms with Crippen LogP contribution in [0.4, 0.5) is 0 Å². The van der Waals surface area contributed by atoms with Gasteiger partial charge in [0.1, 0.15) is 0 Å². The van der Waals surface area contributed by atoms with Crippen molar-refractivity contribution in [3.05, 3.63) is 18.0 Å². The summed E-state index contributed by atoms with van der Waals surface area (Å²) in [7, 11) is 4.05. The van der Waals surface area contributed by atoms with Crippen molar-refractivity contribution in [3.63, 3.8) is 0 Å². The van der Waals surface area contributed by atoms with Gasteiger partial charge in [-0.1, -0.05) is 38.5 Å². The Bertz CT molecular complexity index is 324. The molecule has 2 rings (SSSR count). The van der Waals surface area contributed by atoms with Gasteiger partial charge in [-0.25, -0.2) is 0 Å². The second kappa shape index (κ2) is 6.20. The molecule has 1 heterocycles. The fourth-order valence-corrected chi connectivity index (χ4v) is 2.97. The van der Waals surface area contributed by atoms with Crippen molar-refractivity contribution in [2.75, 3.05) is 7.05 Å². The second-order valence-corrected chi connectivity index (χ2v) is 5.38. The topological polar surface area (TPSA) is 29.9 Å². The van der Waals surface area contributed by atoms with Crippen molar-refractivity contribution in [2.45, 2.75) is 51.0 Å². The van der Waals surface area contributed by atoms with E-state index in [1.807, 2.05) is 17.9 Å². The van der Waals surface area contributed by atoms with E-state index in [4.69, 9.17) is 0 Å². The summed E-state index contributed by atoms with van der Waals surface area (Å²) >= 11 is 0. The lowest BCUT2D eigenvalue weighted by atomic mass is 9.90. The molecule has 1 aliphatic rings. The lowest BCUT2D eigenvalue weighted by Crippen LogP contribution is -2.19. The first-order valence-corrected chi connectivity index (χ1v) is 6.95. The monoisotopic (exact) mass is 235 g/mol. The van der Waals surface area contributed by atoms with Crippen molar-refractivity contribution in [3.8, 4) is 0 Å². The summed E-state index contributed by atoms with van der Waals surface area (Å²) in [5, 5.41) is 7.72. The zero-order valence-corrected chi connectivity index (χ0v) is 11.2. The van der Waals surface area contributed by atoms with Gasteiger partial charge < -0.3 is 5.32 Å². The van der Waals surface area contributed by atoms with Crippen molar-refractivity contribution in [1.29, 1.82) is 0 Å². The summed E-state index contributed by atoms with van der Waals surface area (Å²) in [5.41, 5.74) is 1.33. The first-order chi connectivity index (χ1) is 8.29. The highest BCUT2D eigenvalue weighted by atomic mass is 15.2. The van der Waals surface area contributed by atoms with Gasteiger partial charge in [-0.2, -0.15) is 5.10 Å². The van der Waals surface area contributed by atoms with Gasteiger partial charge in [-0.05, 0) is 19.4 Å². The van der Waals surface area contributed by atoms with E-state index in [2.05, 4.69) is 23.7 Å². The molecular formula is C14H25N3. The third-order valence-corrected chi connectivity index (χ3v) is 4.02. The van der Waals surface area contributed by atoms with Gasteiger partial charge in [-0.15, -0.1) is 0 Å². The number of aryl methyl sites for hydroxylation is 1. The maximum absolute atomic E-state index is 4.27. The second-order valence-electron chi connectivity index (χ2n) is 5.38. The number of nitrogens with zero attached hydrogens (tertiary/aromatic N) is 2. The Kier molecular flexibility index (Phi) is 4.60. The summed E-state index contributed by atoms with van der Waals surface area (Å²) in [5.74, 6) is 0.898. The Hall–Kier alpha value is -0.830. The van der Waals surface area contributed by atoms with E-state index in [0.717, 1.165) is 5.92 Å². The molecule has 0 aromatic carbocycles. The summed E-state index contributed by atoms with van der Waals surface area (Å²) in [6.45, 7) is 0. The Morgan fingerprint density at radius 3 is 2.59 bits per heavy atom.